The van der Waals surface area contributed by atoms with Crippen molar-refractivity contribution < 1.29 is 4.79 Å². The van der Waals surface area contributed by atoms with Gasteiger partial charge < -0.3 is 10.6 Å². The number of rotatable bonds is 1. The molecule has 2 rings (SSSR count). The van der Waals surface area contributed by atoms with Crippen LogP contribution in [0.2, 0.25) is 0 Å². The molecule has 3 heteroatoms. The maximum atomic E-state index is 11.7. The molecule has 0 spiro atoms. The van der Waals surface area contributed by atoms with Crippen molar-refractivity contribution in [2.75, 3.05) is 6.54 Å². The summed E-state index contributed by atoms with van der Waals surface area (Å²) in [6.07, 6.45) is 5.34. The zero-order valence-corrected chi connectivity index (χ0v) is 9.83. The van der Waals surface area contributed by atoms with Gasteiger partial charge in [-0.2, -0.15) is 0 Å². The van der Waals surface area contributed by atoms with E-state index in [9.17, 15) is 4.79 Å². The van der Waals surface area contributed by atoms with Gasteiger partial charge in [-0.25, -0.2) is 0 Å². The van der Waals surface area contributed by atoms with E-state index in [-0.39, 0.29) is 11.9 Å². The van der Waals surface area contributed by atoms with E-state index in [0.717, 1.165) is 19.4 Å². The number of hydrogen-bond acceptors (Lipinski definition) is 2. The first-order valence-corrected chi connectivity index (χ1v) is 6.03. The van der Waals surface area contributed by atoms with Crippen LogP contribution in [-0.4, -0.2) is 29.4 Å². The zero-order chi connectivity index (χ0) is 11.1. The number of nitrogens with zero attached hydrogens (tertiary/aromatic N) is 1. The van der Waals surface area contributed by atoms with Crippen LogP contribution in [-0.2, 0) is 4.79 Å². The maximum absolute atomic E-state index is 11.7. The highest BCUT2D eigenvalue weighted by Crippen LogP contribution is 2.37. The summed E-state index contributed by atoms with van der Waals surface area (Å²) in [6.45, 7) is 5.42. The molecule has 15 heavy (non-hydrogen) atoms. The van der Waals surface area contributed by atoms with E-state index in [2.05, 4.69) is 13.8 Å². The molecule has 1 aliphatic heterocycles. The molecule has 1 saturated carbocycles. The highest BCUT2D eigenvalue weighted by Gasteiger charge is 2.36. The van der Waals surface area contributed by atoms with Crippen molar-refractivity contribution >= 4 is 5.91 Å². The third-order valence-electron chi connectivity index (χ3n) is 3.94. The van der Waals surface area contributed by atoms with Gasteiger partial charge in [-0.05, 0) is 31.1 Å². The normalized spacial score (nSPS) is 32.3. The second-order valence-electron chi connectivity index (χ2n) is 5.91. The topological polar surface area (TPSA) is 46.3 Å². The first kappa shape index (κ1) is 10.9. The largest absolute Gasteiger partial charge is 0.338 e. The van der Waals surface area contributed by atoms with E-state index < -0.39 is 0 Å². The Balaban J connectivity index is 1.93. The van der Waals surface area contributed by atoms with E-state index in [1.807, 2.05) is 4.90 Å². The zero-order valence-electron chi connectivity index (χ0n) is 9.83. The number of nitrogens with two attached hydrogens (primary N) is 1. The Kier molecular flexibility index (Phi) is 2.75. The summed E-state index contributed by atoms with van der Waals surface area (Å²) in [5.74, 6) is 0.271. The second-order valence-corrected chi connectivity index (χ2v) is 5.91. The van der Waals surface area contributed by atoms with Crippen molar-refractivity contribution in [2.24, 2.45) is 11.1 Å². The summed E-state index contributed by atoms with van der Waals surface area (Å²) in [5.41, 5.74) is 6.29. The van der Waals surface area contributed by atoms with Gasteiger partial charge in [0, 0.05) is 25.0 Å². The Hall–Kier alpha value is -0.570. The Morgan fingerprint density at radius 2 is 1.93 bits per heavy atom. The molecule has 0 aromatic rings. The Morgan fingerprint density at radius 3 is 2.40 bits per heavy atom. The summed E-state index contributed by atoms with van der Waals surface area (Å²) < 4.78 is 0. The van der Waals surface area contributed by atoms with Crippen molar-refractivity contribution in [2.45, 2.75) is 58.0 Å². The molecule has 2 fully saturated rings. The number of carbonyl (C=O) groups excluding carboxylic acids is 1. The fourth-order valence-electron chi connectivity index (χ4n) is 2.81. The molecular weight excluding hydrogens is 188 g/mol. The molecule has 0 radical (unpaired) electrons. The van der Waals surface area contributed by atoms with Crippen molar-refractivity contribution in [3.05, 3.63) is 0 Å². The monoisotopic (exact) mass is 210 g/mol. The minimum atomic E-state index is 0.0763. The molecule has 2 N–H and O–H groups in total. The van der Waals surface area contributed by atoms with Crippen molar-refractivity contribution in [1.82, 2.24) is 4.90 Å². The molecule has 0 aromatic carbocycles. The number of amides is 1. The fourth-order valence-corrected chi connectivity index (χ4v) is 2.81. The van der Waals surface area contributed by atoms with Gasteiger partial charge in [0.15, 0.2) is 0 Å². The van der Waals surface area contributed by atoms with Crippen LogP contribution in [0.1, 0.15) is 46.0 Å². The molecule has 0 aromatic heterocycles. The summed E-state index contributed by atoms with van der Waals surface area (Å²) in [6, 6.07) is 0.548. The van der Waals surface area contributed by atoms with E-state index in [0.29, 0.717) is 17.9 Å². The molecule has 0 bridgehead atoms. The van der Waals surface area contributed by atoms with Crippen LogP contribution in [0.15, 0.2) is 0 Å². The molecule has 1 amide bonds. The molecule has 1 atom stereocenters. The Morgan fingerprint density at radius 1 is 1.33 bits per heavy atom. The van der Waals surface area contributed by atoms with Crippen LogP contribution < -0.4 is 5.73 Å². The predicted octanol–water partition coefficient (Wildman–Crippen LogP) is 1.51. The van der Waals surface area contributed by atoms with Crippen molar-refractivity contribution in [1.29, 1.82) is 0 Å². The first-order valence-electron chi connectivity index (χ1n) is 6.03. The van der Waals surface area contributed by atoms with Gasteiger partial charge in [-0.15, -0.1) is 0 Å². The summed E-state index contributed by atoms with van der Waals surface area (Å²) in [4.78, 5) is 13.7. The highest BCUT2D eigenvalue weighted by atomic mass is 16.2. The molecule has 86 valence electrons. The lowest BCUT2D eigenvalue weighted by Gasteiger charge is -2.38. The average molecular weight is 210 g/mol. The third-order valence-corrected chi connectivity index (χ3v) is 3.94. The third kappa shape index (κ3) is 2.33. The number of carbonyl (C=O) groups is 1. The van der Waals surface area contributed by atoms with Crippen LogP contribution in [0.3, 0.4) is 0 Å². The van der Waals surface area contributed by atoms with Crippen LogP contribution in [0.4, 0.5) is 0 Å². The second kappa shape index (κ2) is 3.78. The smallest absolute Gasteiger partial charge is 0.224 e. The lowest BCUT2D eigenvalue weighted by Crippen LogP contribution is -2.41. The van der Waals surface area contributed by atoms with Crippen molar-refractivity contribution in [3.63, 3.8) is 0 Å². The van der Waals surface area contributed by atoms with Crippen molar-refractivity contribution in [3.8, 4) is 0 Å². The summed E-state index contributed by atoms with van der Waals surface area (Å²) in [7, 11) is 0. The number of hydrogen-bond donors (Lipinski definition) is 1. The molecular formula is C12H22N2O. The van der Waals surface area contributed by atoms with Crippen LogP contribution in [0.5, 0.6) is 0 Å². The summed E-state index contributed by atoms with van der Waals surface area (Å²) >= 11 is 0. The first-order chi connectivity index (χ1) is 6.98. The molecule has 1 aliphatic carbocycles. The van der Waals surface area contributed by atoms with Gasteiger partial charge in [0.1, 0.15) is 0 Å². The Labute approximate surface area is 92.0 Å². The maximum Gasteiger partial charge on any atom is 0.224 e. The van der Waals surface area contributed by atoms with E-state index in [1.165, 1.54) is 12.8 Å². The quantitative estimate of drug-likeness (QED) is 0.713. The van der Waals surface area contributed by atoms with Crippen LogP contribution in [0, 0.1) is 5.41 Å². The summed E-state index contributed by atoms with van der Waals surface area (Å²) in [5, 5.41) is 0. The van der Waals surface area contributed by atoms with Gasteiger partial charge in [-0.1, -0.05) is 13.8 Å². The molecule has 1 saturated heterocycles. The highest BCUT2D eigenvalue weighted by molar-refractivity contribution is 5.79. The lowest BCUT2D eigenvalue weighted by atomic mass is 9.75. The minimum Gasteiger partial charge on any atom is -0.338 e. The van der Waals surface area contributed by atoms with Crippen LogP contribution >= 0.6 is 0 Å². The van der Waals surface area contributed by atoms with E-state index in [1.54, 1.807) is 0 Å². The molecule has 1 unspecified atom stereocenters. The molecule has 2 aliphatic rings. The van der Waals surface area contributed by atoms with E-state index in [4.69, 9.17) is 5.73 Å². The van der Waals surface area contributed by atoms with Gasteiger partial charge in [0.05, 0.1) is 0 Å². The number of likely N-dealkylation sites (tertiary alicyclic amines) is 1. The van der Waals surface area contributed by atoms with Gasteiger partial charge in [0.25, 0.3) is 0 Å². The van der Waals surface area contributed by atoms with Gasteiger partial charge in [-0.3, -0.25) is 4.79 Å². The fraction of sp³-hybridized carbons (Fsp3) is 0.917. The standard InChI is InChI=1S/C12H22N2O/c1-12(2)5-3-10(4-6-12)14-8-9(13)7-11(14)15/h9-10H,3-8,13H2,1-2H3. The molecule has 3 nitrogen and oxygen atoms in total. The van der Waals surface area contributed by atoms with Gasteiger partial charge in [0.2, 0.25) is 5.91 Å². The van der Waals surface area contributed by atoms with E-state index >= 15 is 0 Å². The predicted molar refractivity (Wildman–Crippen MR) is 60.3 cm³/mol. The lowest BCUT2D eigenvalue weighted by molar-refractivity contribution is -0.130. The minimum absolute atomic E-state index is 0.0763. The van der Waals surface area contributed by atoms with Gasteiger partial charge >= 0.3 is 0 Å². The Bertz CT molecular complexity index is 252. The SMILES string of the molecule is CC1(C)CCC(N2CC(N)CC2=O)CC1. The van der Waals surface area contributed by atoms with Crippen LogP contribution in [0.25, 0.3) is 0 Å². The molecule has 1 heterocycles. The average Bonchev–Trinajstić information content (AvgIpc) is 2.45.